The number of nitrogens with one attached hydrogen (secondary N) is 1. The van der Waals surface area contributed by atoms with Crippen LogP contribution in [0, 0.1) is 0 Å². The molecule has 126 valence electrons. The van der Waals surface area contributed by atoms with E-state index in [1.54, 1.807) is 0 Å². The summed E-state index contributed by atoms with van der Waals surface area (Å²) in [6.45, 7) is 0.730. The first-order valence-corrected chi connectivity index (χ1v) is 8.63. The first kappa shape index (κ1) is 15.8. The molecule has 1 fully saturated rings. The van der Waals surface area contributed by atoms with Crippen molar-refractivity contribution in [1.29, 1.82) is 0 Å². The number of aromatic nitrogens is 3. The standard InChI is InChI=1S/C19H19N5S/c1-23-12-4-6-16(23)18-17(15-5-2-3-9-21-15)22-19(25)24(18)13-14-7-10-20-11-8-14/h2-12,17-18H,13H2,1H3,(H,22,25)/t17-,18-/m0/s1. The van der Waals surface area contributed by atoms with E-state index in [1.165, 1.54) is 11.3 Å². The van der Waals surface area contributed by atoms with Gasteiger partial charge in [0.2, 0.25) is 0 Å². The van der Waals surface area contributed by atoms with Crippen LogP contribution in [-0.4, -0.2) is 24.5 Å². The highest BCUT2D eigenvalue weighted by Crippen LogP contribution is 2.39. The Hall–Kier alpha value is -2.73. The van der Waals surface area contributed by atoms with Gasteiger partial charge >= 0.3 is 0 Å². The van der Waals surface area contributed by atoms with Crippen LogP contribution in [0.5, 0.6) is 0 Å². The van der Waals surface area contributed by atoms with Gasteiger partial charge in [0.05, 0.1) is 17.8 Å². The van der Waals surface area contributed by atoms with Gasteiger partial charge in [0.15, 0.2) is 5.11 Å². The molecular weight excluding hydrogens is 330 g/mol. The number of nitrogens with zero attached hydrogens (tertiary/aromatic N) is 4. The summed E-state index contributed by atoms with van der Waals surface area (Å²) in [6.07, 6.45) is 7.52. The number of rotatable bonds is 4. The van der Waals surface area contributed by atoms with Crippen LogP contribution in [0.15, 0.2) is 67.3 Å². The molecule has 0 aliphatic carbocycles. The van der Waals surface area contributed by atoms with Gasteiger partial charge in [-0.3, -0.25) is 9.97 Å². The fourth-order valence-corrected chi connectivity index (χ4v) is 3.67. The van der Waals surface area contributed by atoms with Crippen LogP contribution in [0.3, 0.4) is 0 Å². The zero-order valence-electron chi connectivity index (χ0n) is 13.9. The van der Waals surface area contributed by atoms with Gasteiger partial charge in [-0.05, 0) is 54.2 Å². The van der Waals surface area contributed by atoms with Crippen molar-refractivity contribution in [2.75, 3.05) is 0 Å². The summed E-state index contributed by atoms with van der Waals surface area (Å²) in [4.78, 5) is 10.9. The molecule has 0 spiro atoms. The second kappa shape index (κ2) is 6.64. The van der Waals surface area contributed by atoms with Crippen LogP contribution in [0.25, 0.3) is 0 Å². The molecule has 3 aromatic rings. The minimum Gasteiger partial charge on any atom is -0.353 e. The van der Waals surface area contributed by atoms with E-state index < -0.39 is 0 Å². The molecule has 1 saturated heterocycles. The Bertz CT molecular complexity index is 862. The SMILES string of the molecule is Cn1cccc1[C@H]1[C@H](c2ccccn2)NC(=S)N1Cc1ccncc1. The Morgan fingerprint density at radius 2 is 1.92 bits per heavy atom. The summed E-state index contributed by atoms with van der Waals surface area (Å²) in [5, 5.41) is 4.22. The first-order valence-electron chi connectivity index (χ1n) is 8.22. The third kappa shape index (κ3) is 3.00. The van der Waals surface area contributed by atoms with Crippen LogP contribution >= 0.6 is 12.2 Å². The Labute approximate surface area is 152 Å². The average Bonchev–Trinajstić information content (AvgIpc) is 3.20. The Morgan fingerprint density at radius 3 is 2.60 bits per heavy atom. The molecule has 0 bridgehead atoms. The summed E-state index contributed by atoms with van der Waals surface area (Å²) in [6, 6.07) is 14.4. The molecule has 0 aromatic carbocycles. The quantitative estimate of drug-likeness (QED) is 0.734. The lowest BCUT2D eigenvalue weighted by atomic mass is 10.0. The van der Waals surface area contributed by atoms with Crippen LogP contribution < -0.4 is 5.32 Å². The summed E-state index contributed by atoms with van der Waals surface area (Å²) in [7, 11) is 2.07. The smallest absolute Gasteiger partial charge is 0.170 e. The Morgan fingerprint density at radius 1 is 1.08 bits per heavy atom. The molecule has 1 aliphatic rings. The summed E-state index contributed by atoms with van der Waals surface area (Å²) >= 11 is 5.67. The van der Waals surface area contributed by atoms with Crippen LogP contribution in [0.1, 0.15) is 29.0 Å². The van der Waals surface area contributed by atoms with Crippen molar-refractivity contribution < 1.29 is 0 Å². The summed E-state index contributed by atoms with van der Waals surface area (Å²) in [5.74, 6) is 0. The highest BCUT2D eigenvalue weighted by atomic mass is 32.1. The lowest BCUT2D eigenvalue weighted by molar-refractivity contribution is 0.299. The predicted molar refractivity (Wildman–Crippen MR) is 101 cm³/mol. The van der Waals surface area contributed by atoms with E-state index in [0.29, 0.717) is 0 Å². The molecule has 0 unspecified atom stereocenters. The highest BCUT2D eigenvalue weighted by molar-refractivity contribution is 7.80. The van der Waals surface area contributed by atoms with Crippen LogP contribution in [-0.2, 0) is 13.6 Å². The molecule has 5 nitrogen and oxygen atoms in total. The van der Waals surface area contributed by atoms with Crippen molar-refractivity contribution in [3.8, 4) is 0 Å². The second-order valence-electron chi connectivity index (χ2n) is 6.15. The molecule has 6 heteroatoms. The zero-order chi connectivity index (χ0) is 17.2. The monoisotopic (exact) mass is 349 g/mol. The zero-order valence-corrected chi connectivity index (χ0v) is 14.7. The van der Waals surface area contributed by atoms with Gasteiger partial charge in [0.25, 0.3) is 0 Å². The van der Waals surface area contributed by atoms with Crippen molar-refractivity contribution in [3.05, 3.63) is 84.2 Å². The number of hydrogen-bond acceptors (Lipinski definition) is 3. The first-order chi connectivity index (χ1) is 12.2. The van der Waals surface area contributed by atoms with E-state index in [2.05, 4.69) is 50.1 Å². The van der Waals surface area contributed by atoms with Gasteiger partial charge in [-0.15, -0.1) is 0 Å². The fourth-order valence-electron chi connectivity index (χ4n) is 3.36. The Kier molecular flexibility index (Phi) is 4.19. The average molecular weight is 349 g/mol. The maximum absolute atomic E-state index is 5.67. The predicted octanol–water partition coefficient (Wildman–Crippen LogP) is 2.99. The third-order valence-corrected chi connectivity index (χ3v) is 4.94. The van der Waals surface area contributed by atoms with Crippen molar-refractivity contribution in [2.24, 2.45) is 7.05 Å². The second-order valence-corrected chi connectivity index (χ2v) is 6.54. The normalized spacial score (nSPS) is 19.9. The van der Waals surface area contributed by atoms with Crippen molar-refractivity contribution >= 4 is 17.3 Å². The maximum Gasteiger partial charge on any atom is 0.170 e. The van der Waals surface area contributed by atoms with Gasteiger partial charge in [0, 0.05) is 44.1 Å². The van der Waals surface area contributed by atoms with E-state index in [-0.39, 0.29) is 12.1 Å². The molecule has 4 heterocycles. The van der Waals surface area contributed by atoms with Crippen molar-refractivity contribution in [2.45, 2.75) is 18.6 Å². The van der Waals surface area contributed by atoms with E-state index in [4.69, 9.17) is 12.2 Å². The highest BCUT2D eigenvalue weighted by Gasteiger charge is 2.40. The van der Waals surface area contributed by atoms with Gasteiger partial charge in [0.1, 0.15) is 0 Å². The topological polar surface area (TPSA) is 46.0 Å². The van der Waals surface area contributed by atoms with E-state index >= 15 is 0 Å². The van der Waals surface area contributed by atoms with Gasteiger partial charge in [-0.25, -0.2) is 0 Å². The van der Waals surface area contributed by atoms with Crippen molar-refractivity contribution in [3.63, 3.8) is 0 Å². The largest absolute Gasteiger partial charge is 0.353 e. The van der Waals surface area contributed by atoms with Gasteiger partial charge in [-0.1, -0.05) is 6.07 Å². The molecular formula is C19H19N5S. The number of pyridine rings is 2. The number of aryl methyl sites for hydroxylation is 1. The molecule has 0 saturated carbocycles. The Balaban J connectivity index is 1.74. The lowest BCUT2D eigenvalue weighted by Gasteiger charge is -2.28. The minimum atomic E-state index is 0.0177. The van der Waals surface area contributed by atoms with E-state index in [9.17, 15) is 0 Å². The number of hydrogen-bond donors (Lipinski definition) is 1. The molecule has 2 atom stereocenters. The molecule has 1 aliphatic heterocycles. The maximum atomic E-state index is 5.67. The van der Waals surface area contributed by atoms with Gasteiger partial charge in [-0.2, -0.15) is 0 Å². The lowest BCUT2D eigenvalue weighted by Crippen LogP contribution is -2.29. The molecule has 25 heavy (non-hydrogen) atoms. The van der Waals surface area contributed by atoms with Crippen molar-refractivity contribution in [1.82, 2.24) is 24.8 Å². The van der Waals surface area contributed by atoms with Crippen LogP contribution in [0.2, 0.25) is 0 Å². The molecule has 0 radical (unpaired) electrons. The van der Waals surface area contributed by atoms with E-state index in [1.807, 2.05) is 48.9 Å². The molecule has 0 amide bonds. The summed E-state index contributed by atoms with van der Waals surface area (Å²) < 4.78 is 2.15. The van der Waals surface area contributed by atoms with Gasteiger partial charge < -0.3 is 14.8 Å². The fraction of sp³-hybridized carbons (Fsp3) is 0.211. The molecule has 3 aromatic heterocycles. The molecule has 4 rings (SSSR count). The van der Waals surface area contributed by atoms with Crippen LogP contribution in [0.4, 0.5) is 0 Å². The minimum absolute atomic E-state index is 0.0177. The summed E-state index contributed by atoms with van der Waals surface area (Å²) in [5.41, 5.74) is 3.38. The molecule has 1 N–H and O–H groups in total. The van der Waals surface area contributed by atoms with E-state index in [0.717, 1.165) is 17.4 Å². The number of thiocarbonyl (C=S) groups is 1. The third-order valence-electron chi connectivity index (χ3n) is 4.59.